The van der Waals surface area contributed by atoms with Gasteiger partial charge in [0.15, 0.2) is 5.78 Å². The molecule has 0 N–H and O–H groups in total. The number of hydrogen-bond donors (Lipinski definition) is 0. The van der Waals surface area contributed by atoms with Gasteiger partial charge in [0.25, 0.3) is 0 Å². The fraction of sp³-hybridized carbons (Fsp3) is 0.562. The van der Waals surface area contributed by atoms with Crippen LogP contribution in [-0.4, -0.2) is 5.78 Å². The summed E-state index contributed by atoms with van der Waals surface area (Å²) in [5.74, 6) is 0.564. The molecule has 1 aromatic carbocycles. The van der Waals surface area contributed by atoms with Crippen LogP contribution in [0.1, 0.15) is 54.6 Å². The third-order valence-electron chi connectivity index (χ3n) is 4.22. The molecule has 1 nitrogen and oxygen atoms in total. The van der Waals surface area contributed by atoms with Crippen LogP contribution in [0.15, 0.2) is 18.2 Å². The van der Waals surface area contributed by atoms with Gasteiger partial charge in [0.05, 0.1) is 0 Å². The van der Waals surface area contributed by atoms with E-state index in [-0.39, 0.29) is 11.3 Å². The Hall–Kier alpha value is -1.11. The van der Waals surface area contributed by atoms with Gasteiger partial charge in [0.1, 0.15) is 0 Å². The predicted molar refractivity (Wildman–Crippen MR) is 71.4 cm³/mol. The number of ketones is 1. The summed E-state index contributed by atoms with van der Waals surface area (Å²) >= 11 is 0. The van der Waals surface area contributed by atoms with E-state index in [9.17, 15) is 4.79 Å². The zero-order chi connectivity index (χ0) is 12.6. The summed E-state index contributed by atoms with van der Waals surface area (Å²) in [5.41, 5.74) is 3.45. The zero-order valence-electron chi connectivity index (χ0n) is 11.3. The van der Waals surface area contributed by atoms with Gasteiger partial charge in [-0.1, -0.05) is 44.0 Å². The van der Waals surface area contributed by atoms with E-state index in [0.29, 0.717) is 5.78 Å². The average Bonchev–Trinajstić information content (AvgIpc) is 2.57. The molecule has 0 spiro atoms. The molecule has 1 fully saturated rings. The molecule has 0 saturated heterocycles. The quantitative estimate of drug-likeness (QED) is 0.692. The lowest BCUT2D eigenvalue weighted by Gasteiger charge is -2.26. The second-order valence-corrected chi connectivity index (χ2v) is 6.12. The molecule has 1 heteroatoms. The molecule has 0 heterocycles. The molecular formula is C16H22O. The highest BCUT2D eigenvalue weighted by molar-refractivity contribution is 5.99. The van der Waals surface area contributed by atoms with E-state index in [4.69, 9.17) is 0 Å². The number of carbonyl (C=O) groups is 1. The van der Waals surface area contributed by atoms with Crippen LogP contribution in [0, 0.1) is 25.2 Å². The number of Topliss-reactive ketones (excluding diaryl/α,β-unsaturated/α-hetero) is 1. The summed E-state index contributed by atoms with van der Waals surface area (Å²) in [5, 5.41) is 0. The van der Waals surface area contributed by atoms with E-state index < -0.39 is 0 Å². The molecule has 1 atom stereocenters. The molecule has 0 radical (unpaired) electrons. The molecule has 1 saturated carbocycles. The van der Waals surface area contributed by atoms with Crippen molar-refractivity contribution < 1.29 is 4.79 Å². The van der Waals surface area contributed by atoms with Crippen LogP contribution in [0.25, 0.3) is 0 Å². The molecule has 1 aliphatic rings. The fourth-order valence-electron chi connectivity index (χ4n) is 3.09. The first kappa shape index (κ1) is 12.3. The molecule has 0 amide bonds. The second-order valence-electron chi connectivity index (χ2n) is 6.12. The SMILES string of the molecule is Cc1ccc(C(=O)C2CCCC2(C)C)c(C)c1. The summed E-state index contributed by atoms with van der Waals surface area (Å²) < 4.78 is 0. The summed E-state index contributed by atoms with van der Waals surface area (Å²) in [7, 11) is 0. The van der Waals surface area contributed by atoms with E-state index in [1.165, 1.54) is 18.4 Å². The van der Waals surface area contributed by atoms with Crippen molar-refractivity contribution in [2.75, 3.05) is 0 Å². The van der Waals surface area contributed by atoms with Crippen molar-refractivity contribution in [3.8, 4) is 0 Å². The normalized spacial score (nSPS) is 22.7. The van der Waals surface area contributed by atoms with Crippen LogP contribution < -0.4 is 0 Å². The summed E-state index contributed by atoms with van der Waals surface area (Å²) in [4.78, 5) is 12.6. The summed E-state index contributed by atoms with van der Waals surface area (Å²) in [6.45, 7) is 8.57. The maximum Gasteiger partial charge on any atom is 0.166 e. The van der Waals surface area contributed by atoms with Crippen LogP contribution in [0.3, 0.4) is 0 Å². The van der Waals surface area contributed by atoms with Crippen LogP contribution >= 0.6 is 0 Å². The molecule has 17 heavy (non-hydrogen) atoms. The number of hydrogen-bond acceptors (Lipinski definition) is 1. The molecule has 0 aromatic heterocycles. The Labute approximate surface area is 104 Å². The first-order valence-electron chi connectivity index (χ1n) is 6.53. The molecule has 1 aliphatic carbocycles. The van der Waals surface area contributed by atoms with E-state index in [1.807, 2.05) is 19.1 Å². The lowest BCUT2D eigenvalue weighted by atomic mass is 9.77. The highest BCUT2D eigenvalue weighted by Gasteiger charge is 2.39. The van der Waals surface area contributed by atoms with Gasteiger partial charge < -0.3 is 0 Å². The van der Waals surface area contributed by atoms with Gasteiger partial charge in [-0.05, 0) is 37.7 Å². The Morgan fingerprint density at radius 3 is 2.53 bits per heavy atom. The van der Waals surface area contributed by atoms with Crippen LogP contribution in [-0.2, 0) is 0 Å². The van der Waals surface area contributed by atoms with Gasteiger partial charge in [-0.15, -0.1) is 0 Å². The summed E-state index contributed by atoms with van der Waals surface area (Å²) in [6.07, 6.45) is 3.42. The Balaban J connectivity index is 2.31. The van der Waals surface area contributed by atoms with Crippen LogP contribution in [0.2, 0.25) is 0 Å². The van der Waals surface area contributed by atoms with Crippen molar-refractivity contribution in [1.29, 1.82) is 0 Å². The molecule has 0 bridgehead atoms. The molecule has 2 rings (SSSR count). The van der Waals surface area contributed by atoms with Crippen molar-refractivity contribution in [2.45, 2.75) is 47.0 Å². The Morgan fingerprint density at radius 1 is 1.29 bits per heavy atom. The topological polar surface area (TPSA) is 17.1 Å². The fourth-order valence-corrected chi connectivity index (χ4v) is 3.09. The Morgan fingerprint density at radius 2 is 2.00 bits per heavy atom. The average molecular weight is 230 g/mol. The van der Waals surface area contributed by atoms with E-state index in [1.54, 1.807) is 0 Å². The molecule has 92 valence electrons. The minimum Gasteiger partial charge on any atom is -0.294 e. The minimum atomic E-state index is 0.175. The van der Waals surface area contributed by atoms with Crippen LogP contribution in [0.4, 0.5) is 0 Å². The predicted octanol–water partition coefficient (Wildman–Crippen LogP) is 4.31. The van der Waals surface area contributed by atoms with Gasteiger partial charge in [0.2, 0.25) is 0 Å². The first-order chi connectivity index (χ1) is 7.92. The van der Waals surface area contributed by atoms with Crippen molar-refractivity contribution >= 4 is 5.78 Å². The minimum absolute atomic E-state index is 0.175. The molecule has 1 aromatic rings. The number of benzene rings is 1. The smallest absolute Gasteiger partial charge is 0.166 e. The first-order valence-corrected chi connectivity index (χ1v) is 6.53. The lowest BCUT2D eigenvalue weighted by molar-refractivity contribution is 0.0838. The van der Waals surface area contributed by atoms with Crippen LogP contribution in [0.5, 0.6) is 0 Å². The third-order valence-corrected chi connectivity index (χ3v) is 4.22. The van der Waals surface area contributed by atoms with Gasteiger partial charge >= 0.3 is 0 Å². The Kier molecular flexibility index (Phi) is 3.11. The maximum atomic E-state index is 12.6. The largest absolute Gasteiger partial charge is 0.294 e. The van der Waals surface area contributed by atoms with Crippen molar-refractivity contribution in [3.63, 3.8) is 0 Å². The van der Waals surface area contributed by atoms with Crippen molar-refractivity contribution in [2.24, 2.45) is 11.3 Å². The third kappa shape index (κ3) is 2.29. The highest BCUT2D eigenvalue weighted by atomic mass is 16.1. The van der Waals surface area contributed by atoms with Crippen molar-refractivity contribution in [1.82, 2.24) is 0 Å². The van der Waals surface area contributed by atoms with Gasteiger partial charge in [-0.25, -0.2) is 0 Å². The number of aryl methyl sites for hydroxylation is 2. The maximum absolute atomic E-state index is 12.6. The highest BCUT2D eigenvalue weighted by Crippen LogP contribution is 2.44. The van der Waals surface area contributed by atoms with E-state index >= 15 is 0 Å². The Bertz CT molecular complexity index is 443. The van der Waals surface area contributed by atoms with Crippen molar-refractivity contribution in [3.05, 3.63) is 34.9 Å². The zero-order valence-corrected chi connectivity index (χ0v) is 11.3. The van der Waals surface area contributed by atoms with E-state index in [2.05, 4.69) is 26.8 Å². The second kappa shape index (κ2) is 4.29. The summed E-state index contributed by atoms with van der Waals surface area (Å²) in [6, 6.07) is 6.15. The number of rotatable bonds is 2. The van der Waals surface area contributed by atoms with Gasteiger partial charge in [-0.3, -0.25) is 4.79 Å². The molecule has 0 aliphatic heterocycles. The molecule has 1 unspecified atom stereocenters. The molecular weight excluding hydrogens is 208 g/mol. The van der Waals surface area contributed by atoms with Gasteiger partial charge in [-0.2, -0.15) is 0 Å². The van der Waals surface area contributed by atoms with E-state index in [0.717, 1.165) is 17.5 Å². The lowest BCUT2D eigenvalue weighted by Crippen LogP contribution is -2.26. The number of carbonyl (C=O) groups excluding carboxylic acids is 1. The monoisotopic (exact) mass is 230 g/mol. The van der Waals surface area contributed by atoms with Gasteiger partial charge in [0, 0.05) is 11.5 Å². The standard InChI is InChI=1S/C16H22O/c1-11-7-8-13(12(2)10-11)15(17)14-6-5-9-16(14,3)4/h7-8,10,14H,5-6,9H2,1-4H3.